The van der Waals surface area contributed by atoms with Crippen molar-refractivity contribution in [2.45, 2.75) is 32.6 Å². The van der Waals surface area contributed by atoms with Crippen LogP contribution in [0, 0.1) is 0 Å². The fraction of sp³-hybridized carbons (Fsp3) is 0.250. The summed E-state index contributed by atoms with van der Waals surface area (Å²) in [7, 11) is 0. The summed E-state index contributed by atoms with van der Waals surface area (Å²) in [5.41, 5.74) is 5.64. The van der Waals surface area contributed by atoms with Crippen LogP contribution in [0.2, 0.25) is 0 Å². The molecule has 0 aliphatic heterocycles. The molecule has 0 aromatic heterocycles. The lowest BCUT2D eigenvalue weighted by Gasteiger charge is -2.26. The number of fused-ring (bicyclic) bond motifs is 1. The topological polar surface area (TPSA) is 17.1 Å². The third kappa shape index (κ3) is 1.67. The average Bonchev–Trinajstić information content (AvgIpc) is 2.51. The summed E-state index contributed by atoms with van der Waals surface area (Å²) >= 11 is 0. The Morgan fingerprint density at radius 2 is 1.71 bits per heavy atom. The SMILES string of the molecule is CC(C)c1ccc2cccc3c2c1C(=O)C1=C3CC=CC1. The first kappa shape index (κ1) is 12.6. The maximum absolute atomic E-state index is 13.1. The lowest BCUT2D eigenvalue weighted by atomic mass is 9.76. The van der Waals surface area contributed by atoms with E-state index in [1.165, 1.54) is 27.5 Å². The molecule has 1 heteroatoms. The van der Waals surface area contributed by atoms with Crippen LogP contribution in [-0.2, 0) is 0 Å². The molecule has 0 heterocycles. The lowest BCUT2D eigenvalue weighted by Crippen LogP contribution is -2.16. The zero-order valence-corrected chi connectivity index (χ0v) is 12.4. The van der Waals surface area contributed by atoms with E-state index in [2.05, 4.69) is 56.3 Å². The lowest BCUT2D eigenvalue weighted by molar-refractivity contribution is 0.103. The number of hydrogen-bond donors (Lipinski definition) is 0. The van der Waals surface area contributed by atoms with Gasteiger partial charge in [-0.3, -0.25) is 4.79 Å². The van der Waals surface area contributed by atoms with E-state index in [9.17, 15) is 4.79 Å². The molecule has 0 radical (unpaired) electrons. The van der Waals surface area contributed by atoms with Crippen molar-refractivity contribution in [2.75, 3.05) is 0 Å². The van der Waals surface area contributed by atoms with Gasteiger partial charge in [0.05, 0.1) is 0 Å². The Kier molecular flexibility index (Phi) is 2.65. The second-order valence-electron chi connectivity index (χ2n) is 6.25. The molecule has 21 heavy (non-hydrogen) atoms. The molecule has 0 atom stereocenters. The highest BCUT2D eigenvalue weighted by Gasteiger charge is 2.30. The molecule has 2 aromatic rings. The van der Waals surface area contributed by atoms with Crippen LogP contribution < -0.4 is 0 Å². The fourth-order valence-electron chi connectivity index (χ4n) is 3.67. The number of Topliss-reactive ketones (excluding diaryl/α,β-unsaturated/α-hetero) is 1. The Hall–Kier alpha value is -2.15. The number of allylic oxidation sites excluding steroid dienone is 4. The summed E-state index contributed by atoms with van der Waals surface area (Å²) in [6.07, 6.45) is 5.96. The number of hydrogen-bond acceptors (Lipinski definition) is 1. The molecule has 0 fully saturated rings. The minimum Gasteiger partial charge on any atom is -0.289 e. The molecule has 4 rings (SSSR count). The predicted molar refractivity (Wildman–Crippen MR) is 87.7 cm³/mol. The highest BCUT2D eigenvalue weighted by atomic mass is 16.1. The van der Waals surface area contributed by atoms with E-state index in [0.717, 1.165) is 24.0 Å². The third-order valence-corrected chi connectivity index (χ3v) is 4.70. The van der Waals surface area contributed by atoms with Crippen molar-refractivity contribution in [2.24, 2.45) is 0 Å². The van der Waals surface area contributed by atoms with Gasteiger partial charge in [-0.15, -0.1) is 0 Å². The Balaban J connectivity index is 2.14. The van der Waals surface area contributed by atoms with Gasteiger partial charge in [0.15, 0.2) is 5.78 Å². The molecule has 0 saturated carbocycles. The second-order valence-corrected chi connectivity index (χ2v) is 6.25. The first-order valence-electron chi connectivity index (χ1n) is 7.66. The average molecular weight is 274 g/mol. The highest BCUT2D eigenvalue weighted by molar-refractivity contribution is 6.26. The van der Waals surface area contributed by atoms with Crippen LogP contribution >= 0.6 is 0 Å². The molecule has 1 nitrogen and oxygen atoms in total. The van der Waals surface area contributed by atoms with Gasteiger partial charge < -0.3 is 0 Å². The Morgan fingerprint density at radius 3 is 2.48 bits per heavy atom. The highest BCUT2D eigenvalue weighted by Crippen LogP contribution is 2.43. The van der Waals surface area contributed by atoms with Gasteiger partial charge in [-0.25, -0.2) is 0 Å². The van der Waals surface area contributed by atoms with Gasteiger partial charge in [0.1, 0.15) is 0 Å². The van der Waals surface area contributed by atoms with Crippen LogP contribution in [0.25, 0.3) is 16.3 Å². The van der Waals surface area contributed by atoms with Crippen LogP contribution in [0.5, 0.6) is 0 Å². The minimum atomic E-state index is 0.252. The molecule has 2 aromatic carbocycles. The summed E-state index contributed by atoms with van der Waals surface area (Å²) in [4.78, 5) is 13.1. The monoisotopic (exact) mass is 274 g/mol. The molecule has 104 valence electrons. The second kappa shape index (κ2) is 4.42. The first-order valence-corrected chi connectivity index (χ1v) is 7.66. The van der Waals surface area contributed by atoms with Crippen LogP contribution in [-0.4, -0.2) is 5.78 Å². The van der Waals surface area contributed by atoms with Crippen LogP contribution in [0.4, 0.5) is 0 Å². The number of ketones is 1. The molecule has 2 aliphatic rings. The minimum absolute atomic E-state index is 0.252. The summed E-state index contributed by atoms with van der Waals surface area (Å²) in [6, 6.07) is 10.7. The van der Waals surface area contributed by atoms with E-state index in [0.29, 0.717) is 5.92 Å². The van der Waals surface area contributed by atoms with Gasteiger partial charge in [0.25, 0.3) is 0 Å². The first-order chi connectivity index (χ1) is 10.2. The summed E-state index contributed by atoms with van der Waals surface area (Å²) in [6.45, 7) is 4.33. The Morgan fingerprint density at radius 1 is 0.952 bits per heavy atom. The summed E-state index contributed by atoms with van der Waals surface area (Å²) in [5.74, 6) is 0.616. The van der Waals surface area contributed by atoms with E-state index in [-0.39, 0.29) is 5.78 Å². The number of rotatable bonds is 1. The van der Waals surface area contributed by atoms with Gasteiger partial charge in [0.2, 0.25) is 0 Å². The van der Waals surface area contributed by atoms with Crippen molar-refractivity contribution < 1.29 is 4.79 Å². The van der Waals surface area contributed by atoms with Crippen molar-refractivity contribution in [1.82, 2.24) is 0 Å². The van der Waals surface area contributed by atoms with E-state index < -0.39 is 0 Å². The number of carbonyl (C=O) groups excluding carboxylic acids is 1. The molecule has 0 amide bonds. The van der Waals surface area contributed by atoms with E-state index in [4.69, 9.17) is 0 Å². The Bertz CT molecular complexity index is 834. The normalized spacial score (nSPS) is 16.8. The summed E-state index contributed by atoms with van der Waals surface area (Å²) < 4.78 is 0. The molecule has 0 unspecified atom stereocenters. The van der Waals surface area contributed by atoms with E-state index in [1.54, 1.807) is 0 Å². The van der Waals surface area contributed by atoms with Crippen LogP contribution in [0.15, 0.2) is 48.1 Å². The smallest absolute Gasteiger partial charge is 0.190 e. The fourth-order valence-corrected chi connectivity index (χ4v) is 3.67. The van der Waals surface area contributed by atoms with Gasteiger partial charge in [-0.05, 0) is 40.8 Å². The van der Waals surface area contributed by atoms with Crippen molar-refractivity contribution in [1.29, 1.82) is 0 Å². The predicted octanol–water partition coefficient (Wildman–Crippen LogP) is 5.26. The van der Waals surface area contributed by atoms with Crippen molar-refractivity contribution in [3.8, 4) is 0 Å². The Labute approximate surface area is 125 Å². The zero-order valence-electron chi connectivity index (χ0n) is 12.4. The van der Waals surface area contributed by atoms with Crippen LogP contribution in [0.3, 0.4) is 0 Å². The molecular weight excluding hydrogens is 256 g/mol. The quantitative estimate of drug-likeness (QED) is 0.648. The summed E-state index contributed by atoms with van der Waals surface area (Å²) in [5, 5.41) is 2.35. The van der Waals surface area contributed by atoms with Gasteiger partial charge in [-0.2, -0.15) is 0 Å². The standard InChI is InChI=1S/C20H18O/c1-12(2)14-11-10-13-6-5-9-16-15-7-3-4-8-17(15)20(21)19(14)18(13)16/h3-6,9-12H,7-8H2,1-2H3. The molecular formula is C20H18O. The maximum atomic E-state index is 13.1. The van der Waals surface area contributed by atoms with Crippen molar-refractivity contribution >= 4 is 22.1 Å². The van der Waals surface area contributed by atoms with Crippen molar-refractivity contribution in [3.05, 3.63) is 64.7 Å². The molecule has 0 saturated heterocycles. The molecule has 0 spiro atoms. The maximum Gasteiger partial charge on any atom is 0.190 e. The van der Waals surface area contributed by atoms with E-state index in [1.807, 2.05) is 0 Å². The van der Waals surface area contributed by atoms with Crippen molar-refractivity contribution in [3.63, 3.8) is 0 Å². The van der Waals surface area contributed by atoms with Crippen LogP contribution in [0.1, 0.15) is 54.1 Å². The van der Waals surface area contributed by atoms with Gasteiger partial charge in [-0.1, -0.05) is 56.3 Å². The zero-order chi connectivity index (χ0) is 14.6. The van der Waals surface area contributed by atoms with E-state index >= 15 is 0 Å². The molecule has 2 aliphatic carbocycles. The number of benzene rings is 2. The largest absolute Gasteiger partial charge is 0.289 e. The van der Waals surface area contributed by atoms with Gasteiger partial charge in [0, 0.05) is 16.5 Å². The molecule has 0 bridgehead atoms. The third-order valence-electron chi connectivity index (χ3n) is 4.70. The van der Waals surface area contributed by atoms with Gasteiger partial charge >= 0.3 is 0 Å². The molecule has 0 N–H and O–H groups in total. The number of carbonyl (C=O) groups is 1.